The fraction of sp³-hybridized carbons (Fsp3) is 0.353. The summed E-state index contributed by atoms with van der Waals surface area (Å²) in [5.74, 6) is 0.721. The van der Waals surface area contributed by atoms with Gasteiger partial charge in [-0.1, -0.05) is 37.3 Å². The zero-order valence-electron chi connectivity index (χ0n) is 14.2. The lowest BCUT2D eigenvalue weighted by molar-refractivity contribution is -0.108. The van der Waals surface area contributed by atoms with E-state index in [1.807, 2.05) is 49.1 Å². The maximum absolute atomic E-state index is 12.6. The fourth-order valence-corrected chi connectivity index (χ4v) is 3.66. The van der Waals surface area contributed by atoms with Crippen molar-refractivity contribution in [3.05, 3.63) is 35.9 Å². The normalized spacial score (nSPS) is 18.4. The van der Waals surface area contributed by atoms with E-state index in [2.05, 4.69) is 15.3 Å². The van der Waals surface area contributed by atoms with Gasteiger partial charge < -0.3 is 20.5 Å². The molecule has 0 radical (unpaired) electrons. The number of nitrogens with two attached hydrogens (primary N) is 1. The van der Waals surface area contributed by atoms with Crippen molar-refractivity contribution in [2.45, 2.75) is 43.4 Å². The van der Waals surface area contributed by atoms with Crippen LogP contribution in [-0.2, 0) is 22.5 Å². The molecule has 2 aromatic rings. The number of hydrogen-bond acceptors (Lipinski definition) is 7. The van der Waals surface area contributed by atoms with Crippen LogP contribution in [0.4, 0.5) is 17.3 Å². The van der Waals surface area contributed by atoms with Crippen molar-refractivity contribution in [2.24, 2.45) is 0 Å². The molecule has 0 aliphatic carbocycles. The molecule has 3 unspecified atom stereocenters. The quantitative estimate of drug-likeness (QED) is 0.461. The molecule has 0 saturated heterocycles. The van der Waals surface area contributed by atoms with Gasteiger partial charge in [0.15, 0.2) is 24.1 Å². The first-order valence-electron chi connectivity index (χ1n) is 8.15. The fourth-order valence-electron chi connectivity index (χ4n) is 2.63. The van der Waals surface area contributed by atoms with E-state index in [1.54, 1.807) is 0 Å². The molecule has 0 saturated carbocycles. The van der Waals surface area contributed by atoms with E-state index >= 15 is 0 Å². The van der Waals surface area contributed by atoms with Gasteiger partial charge in [0, 0.05) is 17.7 Å². The number of benzene rings is 1. The number of carbonyl (C=O) groups excluding carboxylic acids is 1. The van der Waals surface area contributed by atoms with Crippen molar-refractivity contribution in [3.8, 4) is 0 Å². The summed E-state index contributed by atoms with van der Waals surface area (Å²) in [5.41, 5.74) is 7.58. The summed E-state index contributed by atoms with van der Waals surface area (Å²) < 4.78 is 12.6. The average molecular weight is 359 g/mol. The second kappa shape index (κ2) is 7.28. The predicted octanol–water partition coefficient (Wildman–Crippen LogP) is 1.92. The second-order valence-corrected chi connectivity index (χ2v) is 7.71. The molecule has 1 aliphatic rings. The summed E-state index contributed by atoms with van der Waals surface area (Å²) in [5, 5.41) is 3.17. The molecule has 2 heterocycles. The third-order valence-corrected chi connectivity index (χ3v) is 5.85. The number of aldehydes is 1. The third kappa shape index (κ3) is 3.40. The molecule has 1 aliphatic heterocycles. The van der Waals surface area contributed by atoms with Crippen LogP contribution in [0.5, 0.6) is 0 Å². The summed E-state index contributed by atoms with van der Waals surface area (Å²) in [4.78, 5) is 22.0. The smallest absolute Gasteiger partial charge is 0.347 e. The van der Waals surface area contributed by atoms with Gasteiger partial charge in [-0.2, -0.15) is 9.97 Å². The Bertz CT molecular complexity index is 758. The standard InChI is InChI=1S/C17H21N5O2S/c1-3-11(2)25(24)17-20-15(18)14-16(21-17)22(13(10-23)19-14)9-12-7-5-4-6-8-12/h4-8,10-11,13,19H,3,9H2,1-2H3,(H2,18,20,21). The van der Waals surface area contributed by atoms with E-state index < -0.39 is 17.3 Å². The predicted molar refractivity (Wildman–Crippen MR) is 98.7 cm³/mol. The van der Waals surface area contributed by atoms with Gasteiger partial charge in [0.05, 0.1) is 0 Å². The van der Waals surface area contributed by atoms with Gasteiger partial charge in [0.2, 0.25) is 0 Å². The first-order valence-corrected chi connectivity index (χ1v) is 9.37. The average Bonchev–Trinajstić information content (AvgIpc) is 2.99. The number of nitrogens with zero attached hydrogens (tertiary/aromatic N) is 3. The monoisotopic (exact) mass is 359 g/mol. The Morgan fingerprint density at radius 3 is 2.76 bits per heavy atom. The molecule has 3 rings (SSSR count). The number of anilines is 3. The van der Waals surface area contributed by atoms with Crippen LogP contribution in [0.2, 0.25) is 0 Å². The SMILES string of the molecule is CCC(C)[S+]([O-])c1nc(N)c2c(n1)N(Cc1ccccc1)C(C=O)N2. The largest absolute Gasteiger partial charge is 0.609 e. The summed E-state index contributed by atoms with van der Waals surface area (Å²) in [6.07, 6.45) is 0.963. The molecule has 132 valence electrons. The molecule has 0 amide bonds. The topological polar surface area (TPSA) is 107 Å². The maximum atomic E-state index is 12.6. The Morgan fingerprint density at radius 2 is 2.12 bits per heavy atom. The van der Waals surface area contributed by atoms with E-state index in [0.717, 1.165) is 18.3 Å². The Labute approximate surface area is 149 Å². The van der Waals surface area contributed by atoms with Gasteiger partial charge in [-0.3, -0.25) is 4.79 Å². The van der Waals surface area contributed by atoms with E-state index in [1.165, 1.54) is 0 Å². The zero-order chi connectivity index (χ0) is 18.0. The van der Waals surface area contributed by atoms with Gasteiger partial charge in [-0.25, -0.2) is 0 Å². The van der Waals surface area contributed by atoms with Gasteiger partial charge in [0.25, 0.3) is 0 Å². The van der Waals surface area contributed by atoms with Gasteiger partial charge >= 0.3 is 5.16 Å². The van der Waals surface area contributed by atoms with Crippen molar-refractivity contribution >= 4 is 34.8 Å². The lowest BCUT2D eigenvalue weighted by Gasteiger charge is -2.22. The van der Waals surface area contributed by atoms with Crippen LogP contribution >= 0.6 is 0 Å². The lowest BCUT2D eigenvalue weighted by atomic mass is 10.2. The van der Waals surface area contributed by atoms with E-state index in [4.69, 9.17) is 5.73 Å². The molecule has 1 aromatic heterocycles. The van der Waals surface area contributed by atoms with Crippen molar-refractivity contribution in [2.75, 3.05) is 16.0 Å². The number of fused-ring (bicyclic) bond motifs is 1. The van der Waals surface area contributed by atoms with Crippen molar-refractivity contribution < 1.29 is 9.35 Å². The van der Waals surface area contributed by atoms with Gasteiger partial charge in [-0.05, 0) is 18.9 Å². The van der Waals surface area contributed by atoms with Crippen LogP contribution in [0, 0.1) is 0 Å². The number of rotatable bonds is 6. The molecule has 25 heavy (non-hydrogen) atoms. The molecule has 0 bridgehead atoms. The summed E-state index contributed by atoms with van der Waals surface area (Å²) in [7, 11) is 0. The highest BCUT2D eigenvalue weighted by Gasteiger charge is 2.35. The third-order valence-electron chi connectivity index (χ3n) is 4.24. The van der Waals surface area contributed by atoms with Gasteiger partial charge in [-0.15, -0.1) is 0 Å². The van der Waals surface area contributed by atoms with Crippen molar-refractivity contribution in [1.82, 2.24) is 9.97 Å². The molecule has 1 aromatic carbocycles. The van der Waals surface area contributed by atoms with Crippen LogP contribution in [-0.4, -0.2) is 32.2 Å². The number of hydrogen-bond donors (Lipinski definition) is 2. The summed E-state index contributed by atoms with van der Waals surface area (Å²) in [6.45, 7) is 4.33. The number of aromatic nitrogens is 2. The summed E-state index contributed by atoms with van der Waals surface area (Å²) >= 11 is -1.35. The first kappa shape index (κ1) is 17.5. The minimum absolute atomic E-state index is 0.0729. The van der Waals surface area contributed by atoms with Crippen molar-refractivity contribution in [1.29, 1.82) is 0 Å². The van der Waals surface area contributed by atoms with Gasteiger partial charge in [0.1, 0.15) is 10.9 Å². The second-order valence-electron chi connectivity index (χ2n) is 5.95. The Kier molecular flexibility index (Phi) is 5.10. The number of carbonyl (C=O) groups is 1. The lowest BCUT2D eigenvalue weighted by Crippen LogP contribution is -2.36. The molecular weight excluding hydrogens is 338 g/mol. The molecule has 3 atom stereocenters. The molecule has 0 spiro atoms. The van der Waals surface area contributed by atoms with Crippen LogP contribution in [0.25, 0.3) is 0 Å². The Hall–Kier alpha value is -2.32. The van der Waals surface area contributed by atoms with Crippen LogP contribution < -0.4 is 16.0 Å². The van der Waals surface area contributed by atoms with E-state index in [9.17, 15) is 9.35 Å². The highest BCUT2D eigenvalue weighted by Crippen LogP contribution is 2.38. The number of nitrogens with one attached hydrogen (secondary N) is 1. The van der Waals surface area contributed by atoms with E-state index in [-0.39, 0.29) is 16.2 Å². The van der Waals surface area contributed by atoms with Crippen LogP contribution in [0.15, 0.2) is 35.5 Å². The Balaban J connectivity index is 1.99. The Morgan fingerprint density at radius 1 is 1.40 bits per heavy atom. The molecule has 8 heteroatoms. The molecular formula is C17H21N5O2S. The minimum Gasteiger partial charge on any atom is -0.609 e. The zero-order valence-corrected chi connectivity index (χ0v) is 15.0. The molecule has 3 N–H and O–H groups in total. The maximum Gasteiger partial charge on any atom is 0.347 e. The molecule has 0 fully saturated rings. The number of nitrogen functional groups attached to an aromatic ring is 1. The first-order chi connectivity index (χ1) is 12.0. The van der Waals surface area contributed by atoms with E-state index in [0.29, 0.717) is 18.1 Å². The highest BCUT2D eigenvalue weighted by atomic mass is 32.2. The minimum atomic E-state index is -1.35. The molecule has 7 nitrogen and oxygen atoms in total. The highest BCUT2D eigenvalue weighted by molar-refractivity contribution is 7.91. The van der Waals surface area contributed by atoms with Crippen LogP contribution in [0.1, 0.15) is 25.8 Å². The van der Waals surface area contributed by atoms with Crippen molar-refractivity contribution in [3.63, 3.8) is 0 Å². The summed E-state index contributed by atoms with van der Waals surface area (Å²) in [6, 6.07) is 9.76. The van der Waals surface area contributed by atoms with Crippen LogP contribution in [0.3, 0.4) is 0 Å².